The fourth-order valence-electron chi connectivity index (χ4n) is 7.15. The Morgan fingerprint density at radius 3 is 2.59 bits per heavy atom. The number of phenolic OH excluding ortho intramolecular Hbond substituents is 1. The molecule has 2 aromatic carbocycles. The van der Waals surface area contributed by atoms with Gasteiger partial charge in [-0.3, -0.25) is 0 Å². The van der Waals surface area contributed by atoms with Crippen LogP contribution in [0.25, 0.3) is 0 Å². The molecule has 4 nitrogen and oxygen atoms in total. The number of hydrogen-bond donors (Lipinski definition) is 2. The molecule has 6 atom stereocenters. The lowest BCUT2D eigenvalue weighted by molar-refractivity contribution is -0.0323. The molecule has 0 bridgehead atoms. The van der Waals surface area contributed by atoms with E-state index in [9.17, 15) is 10.2 Å². The van der Waals surface area contributed by atoms with Crippen molar-refractivity contribution in [1.82, 2.24) is 4.90 Å². The van der Waals surface area contributed by atoms with E-state index in [1.54, 1.807) is 0 Å². The summed E-state index contributed by atoms with van der Waals surface area (Å²) in [6.07, 6.45) is 5.05. The summed E-state index contributed by atoms with van der Waals surface area (Å²) in [6.45, 7) is 3.92. The number of phenols is 1. The van der Waals surface area contributed by atoms with Crippen molar-refractivity contribution in [2.45, 2.75) is 57.0 Å². The van der Waals surface area contributed by atoms with Crippen molar-refractivity contribution in [2.75, 3.05) is 27.2 Å². The molecular weight excluding hydrogens is 398 g/mol. The van der Waals surface area contributed by atoms with Gasteiger partial charge in [-0.15, -0.1) is 0 Å². The number of likely N-dealkylation sites (N-methyl/N-ethyl adjacent to an activating group) is 1. The summed E-state index contributed by atoms with van der Waals surface area (Å²) < 4.78 is 5.93. The topological polar surface area (TPSA) is 52.9 Å². The van der Waals surface area contributed by atoms with Gasteiger partial charge < -0.3 is 19.8 Å². The van der Waals surface area contributed by atoms with Gasteiger partial charge in [0.15, 0.2) is 0 Å². The Hall–Kier alpha value is -2.04. The smallest absolute Gasteiger partial charge is 0.119 e. The van der Waals surface area contributed by atoms with Crippen LogP contribution in [-0.4, -0.2) is 48.5 Å². The molecule has 3 aliphatic rings. The minimum atomic E-state index is -0.203. The fourth-order valence-corrected chi connectivity index (χ4v) is 7.15. The van der Waals surface area contributed by atoms with E-state index in [0.29, 0.717) is 36.0 Å². The van der Waals surface area contributed by atoms with Gasteiger partial charge in [0.25, 0.3) is 0 Å². The van der Waals surface area contributed by atoms with Gasteiger partial charge in [0, 0.05) is 6.54 Å². The summed E-state index contributed by atoms with van der Waals surface area (Å²) in [5.74, 6) is 3.27. The molecule has 2 N–H and O–H groups in total. The summed E-state index contributed by atoms with van der Waals surface area (Å²) in [4.78, 5) is 2.12. The van der Waals surface area contributed by atoms with Crippen LogP contribution in [0.15, 0.2) is 42.5 Å². The molecule has 3 aliphatic carbocycles. The Morgan fingerprint density at radius 1 is 1.06 bits per heavy atom. The van der Waals surface area contributed by atoms with Gasteiger partial charge in [-0.05, 0) is 116 Å². The molecule has 172 valence electrons. The molecule has 5 rings (SSSR count). The molecule has 0 spiro atoms. The van der Waals surface area contributed by atoms with Crippen LogP contribution in [0.4, 0.5) is 0 Å². The number of aliphatic hydroxyl groups is 1. The summed E-state index contributed by atoms with van der Waals surface area (Å²) in [5, 5.41) is 21.1. The summed E-state index contributed by atoms with van der Waals surface area (Å²) in [7, 11) is 4.11. The highest BCUT2D eigenvalue weighted by Gasteiger charge is 2.57. The molecule has 0 aliphatic heterocycles. The summed E-state index contributed by atoms with van der Waals surface area (Å²) in [5.41, 5.74) is 4.06. The molecule has 2 aromatic rings. The molecule has 4 heteroatoms. The zero-order chi connectivity index (χ0) is 22.5. The Bertz CT molecular complexity index is 956. The second kappa shape index (κ2) is 8.39. The molecule has 0 aromatic heterocycles. The highest BCUT2D eigenvalue weighted by atomic mass is 16.5. The Kier molecular flexibility index (Phi) is 5.71. The second-order valence-corrected chi connectivity index (χ2v) is 10.8. The largest absolute Gasteiger partial charge is 0.508 e. The Morgan fingerprint density at radius 2 is 1.84 bits per heavy atom. The van der Waals surface area contributed by atoms with Crippen LogP contribution in [0.3, 0.4) is 0 Å². The third kappa shape index (κ3) is 3.72. The first-order valence-corrected chi connectivity index (χ1v) is 12.2. The maximum absolute atomic E-state index is 11.0. The van der Waals surface area contributed by atoms with Crippen molar-refractivity contribution in [3.8, 4) is 11.5 Å². The minimum Gasteiger partial charge on any atom is -0.508 e. The number of aromatic hydroxyl groups is 1. The van der Waals surface area contributed by atoms with E-state index in [2.05, 4.69) is 56.3 Å². The first kappa shape index (κ1) is 21.8. The number of nitrogens with zero attached hydrogens (tertiary/aromatic N) is 1. The van der Waals surface area contributed by atoms with E-state index in [1.165, 1.54) is 16.7 Å². The van der Waals surface area contributed by atoms with Gasteiger partial charge in [-0.2, -0.15) is 0 Å². The van der Waals surface area contributed by atoms with Crippen molar-refractivity contribution in [2.24, 2.45) is 17.3 Å². The van der Waals surface area contributed by atoms with E-state index in [0.717, 1.165) is 44.4 Å². The molecule has 0 saturated heterocycles. The number of ether oxygens (including phenoxy) is 1. The van der Waals surface area contributed by atoms with Crippen LogP contribution in [0.5, 0.6) is 11.5 Å². The molecule has 0 radical (unpaired) electrons. The number of benzene rings is 2. The molecule has 2 fully saturated rings. The quantitative estimate of drug-likeness (QED) is 0.698. The summed E-state index contributed by atoms with van der Waals surface area (Å²) >= 11 is 0. The molecular formula is C28H37NO3. The number of fused-ring (bicyclic) bond motifs is 5. The predicted octanol–water partition coefficient (Wildman–Crippen LogP) is 4.94. The van der Waals surface area contributed by atoms with Crippen LogP contribution in [-0.2, 0) is 6.42 Å². The van der Waals surface area contributed by atoms with E-state index < -0.39 is 0 Å². The van der Waals surface area contributed by atoms with E-state index in [4.69, 9.17) is 4.74 Å². The van der Waals surface area contributed by atoms with Gasteiger partial charge in [-0.1, -0.05) is 25.1 Å². The maximum atomic E-state index is 11.0. The fraction of sp³-hybridized carbons (Fsp3) is 0.571. The Labute approximate surface area is 192 Å². The molecule has 0 unspecified atom stereocenters. The van der Waals surface area contributed by atoms with Crippen molar-refractivity contribution in [3.05, 3.63) is 59.2 Å². The van der Waals surface area contributed by atoms with E-state index in [-0.39, 0.29) is 11.5 Å². The average molecular weight is 436 g/mol. The SMILES string of the molecule is CN(C)CCOc1ccc([C@H]2C[C@]3(C)[C@@H](O)CC[C@H]3[C@@H]3CCc4cc(O)ccc4[C@H]32)cc1. The maximum Gasteiger partial charge on any atom is 0.119 e. The number of aryl methyl sites for hydroxylation is 1. The monoisotopic (exact) mass is 435 g/mol. The molecule has 0 heterocycles. The lowest BCUT2D eigenvalue weighted by atomic mass is 9.51. The number of rotatable bonds is 5. The first-order chi connectivity index (χ1) is 15.4. The van der Waals surface area contributed by atoms with Crippen LogP contribution >= 0.6 is 0 Å². The van der Waals surface area contributed by atoms with Crippen molar-refractivity contribution in [1.29, 1.82) is 0 Å². The molecule has 32 heavy (non-hydrogen) atoms. The zero-order valence-corrected chi connectivity index (χ0v) is 19.6. The van der Waals surface area contributed by atoms with E-state index >= 15 is 0 Å². The molecule has 0 amide bonds. The second-order valence-electron chi connectivity index (χ2n) is 10.8. The van der Waals surface area contributed by atoms with E-state index in [1.807, 2.05) is 12.1 Å². The van der Waals surface area contributed by atoms with Gasteiger partial charge in [0.2, 0.25) is 0 Å². The average Bonchev–Trinajstić information content (AvgIpc) is 3.07. The summed E-state index contributed by atoms with van der Waals surface area (Å²) in [6, 6.07) is 14.7. The molecule has 2 saturated carbocycles. The van der Waals surface area contributed by atoms with Gasteiger partial charge in [-0.25, -0.2) is 0 Å². The van der Waals surface area contributed by atoms with Gasteiger partial charge >= 0.3 is 0 Å². The first-order valence-electron chi connectivity index (χ1n) is 12.2. The predicted molar refractivity (Wildman–Crippen MR) is 127 cm³/mol. The van der Waals surface area contributed by atoms with Gasteiger partial charge in [0.1, 0.15) is 18.1 Å². The highest BCUT2D eigenvalue weighted by molar-refractivity contribution is 5.43. The normalized spacial score (nSPS) is 33.5. The minimum absolute atomic E-state index is 0.0128. The van der Waals surface area contributed by atoms with Crippen molar-refractivity contribution < 1.29 is 14.9 Å². The highest BCUT2D eigenvalue weighted by Crippen LogP contribution is 2.65. The number of aliphatic hydroxyl groups excluding tert-OH is 1. The van der Waals surface area contributed by atoms with Crippen LogP contribution in [0.2, 0.25) is 0 Å². The number of hydrogen-bond acceptors (Lipinski definition) is 4. The van der Waals surface area contributed by atoms with Gasteiger partial charge in [0.05, 0.1) is 6.10 Å². The third-order valence-corrected chi connectivity index (χ3v) is 8.78. The Balaban J connectivity index is 1.48. The van der Waals surface area contributed by atoms with Crippen molar-refractivity contribution >= 4 is 0 Å². The zero-order valence-electron chi connectivity index (χ0n) is 19.6. The lowest BCUT2D eigenvalue weighted by Gasteiger charge is -2.54. The van der Waals surface area contributed by atoms with Crippen LogP contribution in [0.1, 0.15) is 61.1 Å². The van der Waals surface area contributed by atoms with Crippen molar-refractivity contribution in [3.63, 3.8) is 0 Å². The standard InChI is InChI=1S/C28H37NO3/c1-28-17-24(18-4-8-21(9-5-18)32-15-14-29(2)3)27-22-11-7-20(30)16-19(22)6-10-23(27)25(28)12-13-26(28)31/h4-5,7-9,11,16,23-27,30-31H,6,10,12-15,17H2,1-3H3/t23-,24+,25-,26-,27+,28-/m0/s1. The lowest BCUT2D eigenvalue weighted by Crippen LogP contribution is -2.47. The van der Waals surface area contributed by atoms with Crippen LogP contribution < -0.4 is 4.74 Å². The van der Waals surface area contributed by atoms with Crippen LogP contribution in [0, 0.1) is 17.3 Å². The third-order valence-electron chi connectivity index (χ3n) is 8.78.